The average Bonchev–Trinajstić information content (AvgIpc) is 2.96. The molecular weight excluding hydrogens is 536 g/mol. The molecule has 1 N–H and O–H groups in total. The summed E-state index contributed by atoms with van der Waals surface area (Å²) in [6.07, 6.45) is -1.10. The lowest BCUT2D eigenvalue weighted by Gasteiger charge is -2.34. The van der Waals surface area contributed by atoms with Crippen molar-refractivity contribution in [1.82, 2.24) is 0 Å². The number of nitrogens with one attached hydrogen (secondary N) is 1. The minimum absolute atomic E-state index is 0.0239. The van der Waals surface area contributed by atoms with E-state index in [1.165, 1.54) is 4.31 Å². The topological polar surface area (TPSA) is 92.8 Å². The SMILES string of the molecule is CC(C)(C)c1ccc(C(=O)c2cccc(NC(=O)[C@@H]3CN(S(=O)(=O)Cc4ccccc4)c4ccccc4O3)c2)cc1. The summed E-state index contributed by atoms with van der Waals surface area (Å²) in [4.78, 5) is 26.5. The van der Waals surface area contributed by atoms with Gasteiger partial charge in [-0.1, -0.05) is 99.6 Å². The molecule has 0 saturated heterocycles. The van der Waals surface area contributed by atoms with Crippen molar-refractivity contribution in [3.05, 3.63) is 125 Å². The summed E-state index contributed by atoms with van der Waals surface area (Å²) in [7, 11) is -3.82. The minimum Gasteiger partial charge on any atom is -0.476 e. The second-order valence-electron chi connectivity index (χ2n) is 11.1. The Kier molecular flexibility index (Phi) is 7.69. The Morgan fingerprint density at radius 2 is 1.54 bits per heavy atom. The number of hydrogen-bond donors (Lipinski definition) is 1. The number of ether oxygens (including phenoxy) is 1. The molecule has 41 heavy (non-hydrogen) atoms. The first-order chi connectivity index (χ1) is 19.5. The minimum atomic E-state index is -3.82. The van der Waals surface area contributed by atoms with E-state index in [2.05, 4.69) is 26.1 Å². The molecule has 0 aliphatic carbocycles. The second-order valence-corrected chi connectivity index (χ2v) is 13.0. The van der Waals surface area contributed by atoms with Crippen LogP contribution in [-0.4, -0.2) is 32.8 Å². The number of hydrogen-bond acceptors (Lipinski definition) is 5. The molecule has 210 valence electrons. The highest BCUT2D eigenvalue weighted by Gasteiger charge is 2.36. The first kappa shape index (κ1) is 28.1. The number of fused-ring (bicyclic) bond motifs is 1. The van der Waals surface area contributed by atoms with Crippen molar-refractivity contribution < 1.29 is 22.7 Å². The summed E-state index contributed by atoms with van der Waals surface area (Å²) >= 11 is 0. The molecule has 8 heteroatoms. The van der Waals surface area contributed by atoms with E-state index in [9.17, 15) is 18.0 Å². The van der Waals surface area contributed by atoms with Gasteiger partial charge in [0.15, 0.2) is 11.9 Å². The van der Waals surface area contributed by atoms with Crippen LogP contribution in [0.3, 0.4) is 0 Å². The monoisotopic (exact) mass is 568 g/mol. The van der Waals surface area contributed by atoms with Crippen LogP contribution in [0.15, 0.2) is 103 Å². The van der Waals surface area contributed by atoms with Gasteiger partial charge >= 0.3 is 0 Å². The van der Waals surface area contributed by atoms with Crippen molar-refractivity contribution in [2.45, 2.75) is 38.0 Å². The van der Waals surface area contributed by atoms with Crippen LogP contribution in [0.1, 0.15) is 47.8 Å². The summed E-state index contributed by atoms with van der Waals surface area (Å²) in [5.74, 6) is -0.587. The first-order valence-corrected chi connectivity index (χ1v) is 15.0. The van der Waals surface area contributed by atoms with E-state index in [-0.39, 0.29) is 23.5 Å². The number of ketones is 1. The van der Waals surface area contributed by atoms with Crippen LogP contribution in [-0.2, 0) is 26.0 Å². The van der Waals surface area contributed by atoms with Crippen LogP contribution in [0, 0.1) is 0 Å². The highest BCUT2D eigenvalue weighted by Crippen LogP contribution is 2.36. The third-order valence-electron chi connectivity index (χ3n) is 6.96. The molecule has 1 aliphatic heterocycles. The van der Waals surface area contributed by atoms with Crippen molar-refractivity contribution in [1.29, 1.82) is 0 Å². The van der Waals surface area contributed by atoms with Crippen LogP contribution in [0.25, 0.3) is 0 Å². The molecule has 0 radical (unpaired) electrons. The maximum absolute atomic E-state index is 13.5. The lowest BCUT2D eigenvalue weighted by atomic mass is 9.86. The van der Waals surface area contributed by atoms with E-state index in [4.69, 9.17) is 4.74 Å². The summed E-state index contributed by atoms with van der Waals surface area (Å²) in [6, 6.07) is 29.9. The predicted octanol–water partition coefficient (Wildman–Crippen LogP) is 5.95. The van der Waals surface area contributed by atoms with Gasteiger partial charge in [-0.2, -0.15) is 0 Å². The lowest BCUT2D eigenvalue weighted by Crippen LogP contribution is -2.49. The summed E-state index contributed by atoms with van der Waals surface area (Å²) < 4.78 is 34.1. The number of rotatable bonds is 7. The first-order valence-electron chi connectivity index (χ1n) is 13.4. The van der Waals surface area contributed by atoms with Gasteiger partial charge in [0.25, 0.3) is 5.91 Å². The normalized spacial score (nSPS) is 15.0. The number of carbonyl (C=O) groups is 2. The van der Waals surface area contributed by atoms with Crippen LogP contribution in [0.4, 0.5) is 11.4 Å². The van der Waals surface area contributed by atoms with Gasteiger partial charge < -0.3 is 10.1 Å². The molecule has 0 spiro atoms. The Bertz CT molecular complexity index is 1680. The summed E-state index contributed by atoms with van der Waals surface area (Å²) in [5, 5.41) is 2.80. The highest BCUT2D eigenvalue weighted by molar-refractivity contribution is 7.92. The Morgan fingerprint density at radius 3 is 2.24 bits per heavy atom. The zero-order valence-electron chi connectivity index (χ0n) is 23.2. The average molecular weight is 569 g/mol. The second kappa shape index (κ2) is 11.2. The Morgan fingerprint density at radius 1 is 0.854 bits per heavy atom. The van der Waals surface area contributed by atoms with Crippen molar-refractivity contribution in [2.75, 3.05) is 16.2 Å². The number of amides is 1. The quantitative estimate of drug-likeness (QED) is 0.278. The molecule has 4 aromatic rings. The molecule has 1 amide bonds. The fourth-order valence-corrected chi connectivity index (χ4v) is 6.30. The molecule has 7 nitrogen and oxygen atoms in total. The number of sulfonamides is 1. The van der Waals surface area contributed by atoms with E-state index in [1.807, 2.05) is 30.3 Å². The Balaban J connectivity index is 1.34. The van der Waals surface area contributed by atoms with Gasteiger partial charge in [0.2, 0.25) is 10.0 Å². The Hall–Kier alpha value is -4.43. The zero-order chi connectivity index (χ0) is 29.2. The molecule has 0 unspecified atom stereocenters. The predicted molar refractivity (Wildman–Crippen MR) is 161 cm³/mol. The molecule has 0 bridgehead atoms. The summed E-state index contributed by atoms with van der Waals surface area (Å²) in [5.41, 5.74) is 3.52. The van der Waals surface area contributed by atoms with E-state index >= 15 is 0 Å². The van der Waals surface area contributed by atoms with Crippen molar-refractivity contribution >= 4 is 33.1 Å². The van der Waals surface area contributed by atoms with E-state index < -0.39 is 22.0 Å². The van der Waals surface area contributed by atoms with Gasteiger partial charge in [0, 0.05) is 16.8 Å². The fraction of sp³-hybridized carbons (Fsp3) is 0.212. The summed E-state index contributed by atoms with van der Waals surface area (Å²) in [6.45, 7) is 6.16. The molecule has 0 saturated carbocycles. The molecule has 5 rings (SSSR count). The highest BCUT2D eigenvalue weighted by atomic mass is 32.2. The Labute approximate surface area is 240 Å². The number of para-hydroxylation sites is 2. The third kappa shape index (κ3) is 6.33. The van der Waals surface area contributed by atoms with E-state index in [0.717, 1.165) is 5.56 Å². The molecular formula is C33H32N2O5S. The smallest absolute Gasteiger partial charge is 0.267 e. The lowest BCUT2D eigenvalue weighted by molar-refractivity contribution is -0.122. The molecule has 0 fully saturated rings. The molecule has 1 aliphatic rings. The molecule has 0 aromatic heterocycles. The van der Waals surface area contributed by atoms with Crippen LogP contribution < -0.4 is 14.4 Å². The van der Waals surface area contributed by atoms with Gasteiger partial charge in [-0.05, 0) is 40.8 Å². The van der Waals surface area contributed by atoms with Crippen LogP contribution in [0.5, 0.6) is 5.75 Å². The standard InChI is InChI=1S/C33H32N2O5S/c1-33(2,3)26-18-16-24(17-19-26)31(36)25-12-9-13-27(20-25)34-32(37)30-21-35(28-14-7-8-15-29(28)40-30)41(38,39)22-23-10-5-4-6-11-23/h4-20,30H,21-22H2,1-3H3,(H,34,37)/t30-/m0/s1. The maximum atomic E-state index is 13.5. The van der Waals surface area contributed by atoms with Gasteiger partial charge in [-0.15, -0.1) is 0 Å². The fourth-order valence-electron chi connectivity index (χ4n) is 4.71. The maximum Gasteiger partial charge on any atom is 0.267 e. The van der Waals surface area contributed by atoms with Crippen LogP contribution in [0.2, 0.25) is 0 Å². The number of anilines is 2. The number of carbonyl (C=O) groups excluding carboxylic acids is 2. The van der Waals surface area contributed by atoms with Gasteiger partial charge in [-0.25, -0.2) is 8.42 Å². The van der Waals surface area contributed by atoms with Crippen molar-refractivity contribution in [3.8, 4) is 5.75 Å². The molecule has 1 heterocycles. The van der Waals surface area contributed by atoms with E-state index in [0.29, 0.717) is 33.8 Å². The number of nitrogens with zero attached hydrogens (tertiary/aromatic N) is 1. The number of benzene rings is 4. The van der Waals surface area contributed by atoms with Gasteiger partial charge in [-0.3, -0.25) is 13.9 Å². The van der Waals surface area contributed by atoms with E-state index in [1.54, 1.807) is 72.8 Å². The van der Waals surface area contributed by atoms with Crippen molar-refractivity contribution in [2.24, 2.45) is 0 Å². The largest absolute Gasteiger partial charge is 0.476 e. The third-order valence-corrected chi connectivity index (χ3v) is 8.68. The molecule has 1 atom stereocenters. The zero-order valence-corrected chi connectivity index (χ0v) is 24.0. The van der Waals surface area contributed by atoms with Crippen molar-refractivity contribution in [3.63, 3.8) is 0 Å². The molecule has 4 aromatic carbocycles. The van der Waals surface area contributed by atoms with Gasteiger partial charge in [0.05, 0.1) is 18.0 Å². The van der Waals surface area contributed by atoms with Crippen LogP contribution >= 0.6 is 0 Å². The van der Waals surface area contributed by atoms with Gasteiger partial charge in [0.1, 0.15) is 5.75 Å².